The van der Waals surface area contributed by atoms with Crippen molar-refractivity contribution in [3.63, 3.8) is 0 Å². The van der Waals surface area contributed by atoms with E-state index in [1.807, 2.05) is 24.3 Å². The van der Waals surface area contributed by atoms with E-state index in [0.29, 0.717) is 12.4 Å². The normalized spacial score (nSPS) is 10.1. The molecule has 0 saturated carbocycles. The lowest BCUT2D eigenvalue weighted by Gasteiger charge is -2.13. The van der Waals surface area contributed by atoms with Crippen LogP contribution in [-0.4, -0.2) is 19.2 Å². The molecule has 0 saturated heterocycles. The lowest BCUT2D eigenvalue weighted by Crippen LogP contribution is -2.04. The topological polar surface area (TPSA) is 43.4 Å². The van der Waals surface area contributed by atoms with Gasteiger partial charge >= 0.3 is 0 Å². The monoisotopic (exact) mass is 258 g/mol. The maximum absolute atomic E-state index is 5.34. The number of nitrogens with zero attached hydrogens (tertiary/aromatic N) is 1. The van der Waals surface area contributed by atoms with E-state index in [1.165, 1.54) is 5.56 Å². The number of benzene rings is 1. The third kappa shape index (κ3) is 3.16. The van der Waals surface area contributed by atoms with Crippen LogP contribution < -0.4 is 14.8 Å². The molecule has 0 aliphatic heterocycles. The van der Waals surface area contributed by atoms with Gasteiger partial charge in [-0.25, -0.2) is 4.98 Å². The van der Waals surface area contributed by atoms with E-state index in [-0.39, 0.29) is 0 Å². The molecule has 0 unspecified atom stereocenters. The fraction of sp³-hybridized carbons (Fsp3) is 0.267. The van der Waals surface area contributed by atoms with Crippen LogP contribution in [0, 0.1) is 6.92 Å². The summed E-state index contributed by atoms with van der Waals surface area (Å²) in [5, 5.41) is 3.35. The van der Waals surface area contributed by atoms with E-state index in [1.54, 1.807) is 20.4 Å². The predicted molar refractivity (Wildman–Crippen MR) is 75.8 cm³/mol. The fourth-order valence-electron chi connectivity index (χ4n) is 1.89. The first-order valence-corrected chi connectivity index (χ1v) is 6.11. The second-order valence-corrected chi connectivity index (χ2v) is 4.23. The maximum atomic E-state index is 5.34. The lowest BCUT2D eigenvalue weighted by molar-refractivity contribution is 0.393. The zero-order valence-corrected chi connectivity index (χ0v) is 11.4. The number of methoxy groups -OCH3 is 2. The highest BCUT2D eigenvalue weighted by Crippen LogP contribution is 2.26. The second-order valence-electron chi connectivity index (χ2n) is 4.23. The van der Waals surface area contributed by atoms with Gasteiger partial charge < -0.3 is 14.8 Å². The summed E-state index contributed by atoms with van der Waals surface area (Å²) in [6.45, 7) is 2.69. The SMILES string of the molecule is COc1ccc(C)cc1NCc1cccnc1OC. The number of hydrogen-bond donors (Lipinski definition) is 1. The average molecular weight is 258 g/mol. The Labute approximate surface area is 113 Å². The van der Waals surface area contributed by atoms with Crippen molar-refractivity contribution in [3.05, 3.63) is 47.7 Å². The molecule has 0 bridgehead atoms. The number of anilines is 1. The van der Waals surface area contributed by atoms with Crippen molar-refractivity contribution in [2.45, 2.75) is 13.5 Å². The van der Waals surface area contributed by atoms with Crippen LogP contribution in [0.25, 0.3) is 0 Å². The van der Waals surface area contributed by atoms with Crippen LogP contribution in [0.4, 0.5) is 5.69 Å². The molecule has 0 aliphatic rings. The van der Waals surface area contributed by atoms with Gasteiger partial charge in [-0.3, -0.25) is 0 Å². The van der Waals surface area contributed by atoms with Crippen molar-refractivity contribution >= 4 is 5.69 Å². The number of aromatic nitrogens is 1. The van der Waals surface area contributed by atoms with Crippen LogP contribution >= 0.6 is 0 Å². The fourth-order valence-corrected chi connectivity index (χ4v) is 1.89. The first kappa shape index (κ1) is 13.2. The third-order valence-electron chi connectivity index (χ3n) is 2.87. The highest BCUT2D eigenvalue weighted by molar-refractivity contribution is 5.58. The van der Waals surface area contributed by atoms with Crippen molar-refractivity contribution in [1.82, 2.24) is 4.98 Å². The largest absolute Gasteiger partial charge is 0.495 e. The van der Waals surface area contributed by atoms with E-state index in [4.69, 9.17) is 9.47 Å². The zero-order valence-electron chi connectivity index (χ0n) is 11.4. The molecule has 0 spiro atoms. The smallest absolute Gasteiger partial charge is 0.218 e. The summed E-state index contributed by atoms with van der Waals surface area (Å²) in [5.41, 5.74) is 3.16. The van der Waals surface area contributed by atoms with Crippen LogP contribution in [0.2, 0.25) is 0 Å². The van der Waals surface area contributed by atoms with Gasteiger partial charge in [0.15, 0.2) is 0 Å². The summed E-state index contributed by atoms with van der Waals surface area (Å²) in [5.74, 6) is 1.47. The number of nitrogens with one attached hydrogen (secondary N) is 1. The van der Waals surface area contributed by atoms with E-state index < -0.39 is 0 Å². The van der Waals surface area contributed by atoms with Gasteiger partial charge in [0.2, 0.25) is 5.88 Å². The van der Waals surface area contributed by atoms with Crippen LogP contribution in [0.1, 0.15) is 11.1 Å². The van der Waals surface area contributed by atoms with Crippen LogP contribution in [-0.2, 0) is 6.54 Å². The van der Waals surface area contributed by atoms with Crippen LogP contribution in [0.3, 0.4) is 0 Å². The molecule has 1 aromatic heterocycles. The molecule has 1 N–H and O–H groups in total. The van der Waals surface area contributed by atoms with Gasteiger partial charge in [-0.15, -0.1) is 0 Å². The van der Waals surface area contributed by atoms with E-state index in [0.717, 1.165) is 17.0 Å². The summed E-state index contributed by atoms with van der Waals surface area (Å²) in [4.78, 5) is 4.18. The third-order valence-corrected chi connectivity index (χ3v) is 2.87. The number of rotatable bonds is 5. The molecule has 2 aromatic rings. The Morgan fingerprint density at radius 2 is 2.00 bits per heavy atom. The van der Waals surface area contributed by atoms with Gasteiger partial charge in [0, 0.05) is 18.3 Å². The summed E-state index contributed by atoms with van der Waals surface area (Å²) in [6, 6.07) is 9.92. The maximum Gasteiger partial charge on any atom is 0.218 e. The number of ether oxygens (including phenoxy) is 2. The minimum Gasteiger partial charge on any atom is -0.495 e. The Hall–Kier alpha value is -2.23. The Bertz CT molecular complexity index is 556. The Balaban J connectivity index is 2.16. The van der Waals surface area contributed by atoms with Crippen molar-refractivity contribution < 1.29 is 9.47 Å². The van der Waals surface area contributed by atoms with Crippen molar-refractivity contribution in [2.24, 2.45) is 0 Å². The first-order valence-electron chi connectivity index (χ1n) is 6.11. The summed E-state index contributed by atoms with van der Waals surface area (Å²) in [7, 11) is 3.29. The highest BCUT2D eigenvalue weighted by atomic mass is 16.5. The van der Waals surface area contributed by atoms with Crippen LogP contribution in [0.15, 0.2) is 36.5 Å². The van der Waals surface area contributed by atoms with Gasteiger partial charge in [0.1, 0.15) is 5.75 Å². The number of aryl methyl sites for hydroxylation is 1. The molecule has 100 valence electrons. The second kappa shape index (κ2) is 6.09. The molecule has 4 heteroatoms. The van der Waals surface area contributed by atoms with E-state index >= 15 is 0 Å². The van der Waals surface area contributed by atoms with Crippen molar-refractivity contribution in [2.75, 3.05) is 19.5 Å². The molecule has 1 aromatic carbocycles. The Morgan fingerprint density at radius 3 is 2.74 bits per heavy atom. The zero-order chi connectivity index (χ0) is 13.7. The number of hydrogen-bond acceptors (Lipinski definition) is 4. The lowest BCUT2D eigenvalue weighted by atomic mass is 10.2. The van der Waals surface area contributed by atoms with Gasteiger partial charge in [-0.05, 0) is 30.7 Å². The molecule has 4 nitrogen and oxygen atoms in total. The summed E-state index contributed by atoms with van der Waals surface area (Å²) < 4.78 is 10.6. The molecular formula is C15H18N2O2. The molecule has 0 amide bonds. The Morgan fingerprint density at radius 1 is 1.16 bits per heavy atom. The quantitative estimate of drug-likeness (QED) is 0.895. The van der Waals surface area contributed by atoms with Crippen molar-refractivity contribution in [3.8, 4) is 11.6 Å². The summed E-state index contributed by atoms with van der Waals surface area (Å²) in [6.07, 6.45) is 1.72. The molecule has 0 atom stereocenters. The van der Waals surface area contributed by atoms with Gasteiger partial charge in [-0.2, -0.15) is 0 Å². The number of pyridine rings is 1. The van der Waals surface area contributed by atoms with Gasteiger partial charge in [0.05, 0.1) is 19.9 Å². The van der Waals surface area contributed by atoms with Crippen molar-refractivity contribution in [1.29, 1.82) is 0 Å². The first-order chi connectivity index (χ1) is 9.24. The van der Waals surface area contributed by atoms with Gasteiger partial charge in [-0.1, -0.05) is 12.1 Å². The molecule has 2 rings (SSSR count). The molecule has 19 heavy (non-hydrogen) atoms. The average Bonchev–Trinajstić information content (AvgIpc) is 2.45. The minimum absolute atomic E-state index is 0.636. The molecule has 1 heterocycles. The van der Waals surface area contributed by atoms with Gasteiger partial charge in [0.25, 0.3) is 0 Å². The minimum atomic E-state index is 0.636. The van der Waals surface area contributed by atoms with E-state index in [9.17, 15) is 0 Å². The molecule has 0 fully saturated rings. The summed E-state index contributed by atoms with van der Waals surface area (Å²) >= 11 is 0. The molecular weight excluding hydrogens is 240 g/mol. The Kier molecular flexibility index (Phi) is 4.23. The molecule has 0 aliphatic carbocycles. The highest BCUT2D eigenvalue weighted by Gasteiger charge is 2.06. The standard InChI is InChI=1S/C15H18N2O2/c1-11-6-7-14(18-2)13(9-11)17-10-12-5-4-8-16-15(12)19-3/h4-9,17H,10H2,1-3H3. The van der Waals surface area contributed by atoms with E-state index in [2.05, 4.69) is 23.3 Å². The predicted octanol–water partition coefficient (Wildman–Crippen LogP) is 3.02. The van der Waals surface area contributed by atoms with Crippen LogP contribution in [0.5, 0.6) is 11.6 Å². The molecule has 0 radical (unpaired) electrons.